The first-order valence-electron chi connectivity index (χ1n) is 9.00. The summed E-state index contributed by atoms with van der Waals surface area (Å²) in [6, 6.07) is 24.9. The summed E-state index contributed by atoms with van der Waals surface area (Å²) in [6.45, 7) is 0.447. The van der Waals surface area contributed by atoms with E-state index in [2.05, 4.69) is 9.82 Å². The highest BCUT2D eigenvalue weighted by atomic mass is 32.2. The number of aromatic hydroxyl groups is 1. The topological polar surface area (TPSA) is 84.2 Å². The maximum Gasteiger partial charge on any atom is 0.265 e. The monoisotopic (exact) mass is 405 g/mol. The lowest BCUT2D eigenvalue weighted by Gasteiger charge is -2.08. The van der Waals surface area contributed by atoms with E-state index in [0.29, 0.717) is 17.8 Å². The van der Waals surface area contributed by atoms with Gasteiger partial charge in [-0.15, -0.1) is 0 Å². The molecule has 0 atom stereocenters. The highest BCUT2D eigenvalue weighted by Gasteiger charge is 2.24. The Balaban J connectivity index is 1.76. The van der Waals surface area contributed by atoms with Gasteiger partial charge in [-0.2, -0.15) is 5.10 Å². The minimum Gasteiger partial charge on any atom is -0.508 e. The van der Waals surface area contributed by atoms with Crippen LogP contribution in [-0.4, -0.2) is 23.3 Å². The van der Waals surface area contributed by atoms with Gasteiger partial charge in [0.05, 0.1) is 12.2 Å². The van der Waals surface area contributed by atoms with E-state index >= 15 is 0 Å². The number of sulfonamides is 1. The van der Waals surface area contributed by atoms with E-state index in [1.54, 1.807) is 16.8 Å². The maximum absolute atomic E-state index is 13.1. The second kappa shape index (κ2) is 7.81. The van der Waals surface area contributed by atoms with Crippen molar-refractivity contribution in [2.45, 2.75) is 11.4 Å². The van der Waals surface area contributed by atoms with Crippen LogP contribution in [-0.2, 0) is 16.6 Å². The molecule has 0 amide bonds. The Bertz CT molecular complexity index is 1220. The van der Waals surface area contributed by atoms with Crippen LogP contribution in [0, 0.1) is 0 Å². The van der Waals surface area contributed by atoms with E-state index in [9.17, 15) is 13.5 Å². The molecule has 1 heterocycles. The second-order valence-corrected chi connectivity index (χ2v) is 8.20. The van der Waals surface area contributed by atoms with Crippen molar-refractivity contribution in [1.29, 1.82) is 0 Å². The molecule has 0 radical (unpaired) electrons. The molecule has 0 bridgehead atoms. The number of aromatic nitrogens is 2. The molecule has 0 aliphatic rings. The molecule has 3 aromatic carbocycles. The number of nitrogens with zero attached hydrogens (tertiary/aromatic N) is 2. The smallest absolute Gasteiger partial charge is 0.265 e. The van der Waals surface area contributed by atoms with Gasteiger partial charge in [0.25, 0.3) is 10.0 Å². The van der Waals surface area contributed by atoms with Crippen LogP contribution < -0.4 is 4.72 Å². The Kier molecular flexibility index (Phi) is 5.05. The fourth-order valence-corrected chi connectivity index (χ4v) is 4.25. The van der Waals surface area contributed by atoms with Crippen molar-refractivity contribution < 1.29 is 13.5 Å². The standard InChI is InChI=1S/C22H19N3O3S/c26-20-13-7-12-19(14-20)24-29(27,28)21-16-25(15-17-8-3-1-4-9-17)23-22(21)18-10-5-2-6-11-18/h1-14,16,24,26H,15H2. The molecule has 2 N–H and O–H groups in total. The largest absolute Gasteiger partial charge is 0.508 e. The van der Waals surface area contributed by atoms with E-state index in [-0.39, 0.29) is 16.3 Å². The Labute approximate surface area is 169 Å². The van der Waals surface area contributed by atoms with Crippen molar-refractivity contribution in [2.24, 2.45) is 0 Å². The van der Waals surface area contributed by atoms with Crippen molar-refractivity contribution in [3.05, 3.63) is 96.7 Å². The second-order valence-electron chi connectivity index (χ2n) is 6.55. The third-order valence-electron chi connectivity index (χ3n) is 4.35. The fourth-order valence-electron chi connectivity index (χ4n) is 3.03. The van der Waals surface area contributed by atoms with Gasteiger partial charge in [-0.3, -0.25) is 9.40 Å². The van der Waals surface area contributed by atoms with Crippen LogP contribution in [0.5, 0.6) is 5.75 Å². The van der Waals surface area contributed by atoms with E-state index in [1.807, 2.05) is 60.7 Å². The van der Waals surface area contributed by atoms with E-state index in [1.165, 1.54) is 18.3 Å². The number of nitrogens with one attached hydrogen (secondary N) is 1. The SMILES string of the molecule is O=S(=O)(Nc1cccc(O)c1)c1cn(Cc2ccccc2)nc1-c1ccccc1. The van der Waals surface area contributed by atoms with Crippen LogP contribution in [0.3, 0.4) is 0 Å². The van der Waals surface area contributed by atoms with Gasteiger partial charge in [-0.25, -0.2) is 8.42 Å². The summed E-state index contributed by atoms with van der Waals surface area (Å²) in [7, 11) is -3.92. The summed E-state index contributed by atoms with van der Waals surface area (Å²) >= 11 is 0. The van der Waals surface area contributed by atoms with Crippen LogP contribution in [0.15, 0.2) is 96.0 Å². The van der Waals surface area contributed by atoms with Crippen molar-refractivity contribution in [1.82, 2.24) is 9.78 Å². The van der Waals surface area contributed by atoms with Gasteiger partial charge in [0, 0.05) is 17.8 Å². The van der Waals surface area contributed by atoms with Crippen LogP contribution in [0.1, 0.15) is 5.56 Å². The number of hydrogen-bond acceptors (Lipinski definition) is 4. The molecule has 4 aromatic rings. The van der Waals surface area contributed by atoms with Crippen LogP contribution >= 0.6 is 0 Å². The minimum atomic E-state index is -3.92. The lowest BCUT2D eigenvalue weighted by atomic mass is 10.2. The van der Waals surface area contributed by atoms with Gasteiger partial charge in [0.15, 0.2) is 0 Å². The third kappa shape index (κ3) is 4.30. The van der Waals surface area contributed by atoms with E-state index in [4.69, 9.17) is 0 Å². The Morgan fingerprint density at radius 2 is 1.59 bits per heavy atom. The normalized spacial score (nSPS) is 11.3. The zero-order valence-electron chi connectivity index (χ0n) is 15.4. The minimum absolute atomic E-state index is 0.0201. The van der Waals surface area contributed by atoms with E-state index in [0.717, 1.165) is 5.56 Å². The Morgan fingerprint density at radius 1 is 0.897 bits per heavy atom. The Hall–Kier alpha value is -3.58. The third-order valence-corrected chi connectivity index (χ3v) is 5.73. The fraction of sp³-hybridized carbons (Fsp3) is 0.0455. The molecule has 6 nitrogen and oxygen atoms in total. The molecule has 0 saturated carbocycles. The van der Waals surface area contributed by atoms with Crippen LogP contribution in [0.4, 0.5) is 5.69 Å². The van der Waals surface area contributed by atoms with Crippen molar-refractivity contribution in [3.8, 4) is 17.0 Å². The molecule has 146 valence electrons. The average molecular weight is 405 g/mol. The molecule has 7 heteroatoms. The molecule has 29 heavy (non-hydrogen) atoms. The van der Waals surface area contributed by atoms with Gasteiger partial charge < -0.3 is 5.11 Å². The maximum atomic E-state index is 13.1. The highest BCUT2D eigenvalue weighted by molar-refractivity contribution is 7.92. The molecule has 0 unspecified atom stereocenters. The predicted octanol–water partition coefficient (Wildman–Crippen LogP) is 4.10. The first-order valence-corrected chi connectivity index (χ1v) is 10.5. The number of phenolic OH excluding ortho intramolecular Hbond substituents is 1. The van der Waals surface area contributed by atoms with Crippen LogP contribution in [0.25, 0.3) is 11.3 Å². The van der Waals surface area contributed by atoms with Crippen molar-refractivity contribution in [3.63, 3.8) is 0 Å². The van der Waals surface area contributed by atoms with Gasteiger partial charge in [0.2, 0.25) is 0 Å². The molecule has 1 aromatic heterocycles. The number of hydrogen-bond donors (Lipinski definition) is 2. The van der Waals surface area contributed by atoms with Crippen LogP contribution in [0.2, 0.25) is 0 Å². The average Bonchev–Trinajstić information content (AvgIpc) is 3.14. The molecular weight excluding hydrogens is 386 g/mol. The highest BCUT2D eigenvalue weighted by Crippen LogP contribution is 2.28. The first kappa shape index (κ1) is 18.8. The van der Waals surface area contributed by atoms with Gasteiger partial charge in [-0.1, -0.05) is 66.7 Å². The molecule has 0 spiro atoms. The summed E-state index contributed by atoms with van der Waals surface area (Å²) in [6.07, 6.45) is 1.53. The Morgan fingerprint density at radius 3 is 2.28 bits per heavy atom. The molecule has 0 aliphatic carbocycles. The zero-order chi connectivity index (χ0) is 20.3. The molecule has 4 rings (SSSR count). The quantitative estimate of drug-likeness (QED) is 0.506. The summed E-state index contributed by atoms with van der Waals surface area (Å²) in [5, 5.41) is 14.2. The summed E-state index contributed by atoms with van der Waals surface area (Å²) in [5.41, 5.74) is 2.36. The lowest BCUT2D eigenvalue weighted by Crippen LogP contribution is -2.13. The van der Waals surface area contributed by atoms with Crippen molar-refractivity contribution in [2.75, 3.05) is 4.72 Å². The first-order chi connectivity index (χ1) is 14.0. The lowest BCUT2D eigenvalue weighted by molar-refractivity contribution is 0.475. The number of benzene rings is 3. The van der Waals surface area contributed by atoms with E-state index < -0.39 is 10.0 Å². The molecular formula is C22H19N3O3S. The van der Waals surface area contributed by atoms with Gasteiger partial charge in [-0.05, 0) is 17.7 Å². The number of rotatable bonds is 6. The van der Waals surface area contributed by atoms with Gasteiger partial charge in [0.1, 0.15) is 16.3 Å². The summed E-state index contributed by atoms with van der Waals surface area (Å²) in [5.74, 6) is -0.0201. The molecule has 0 aliphatic heterocycles. The van der Waals surface area contributed by atoms with Crippen molar-refractivity contribution >= 4 is 15.7 Å². The summed E-state index contributed by atoms with van der Waals surface area (Å²) in [4.78, 5) is 0.0722. The summed E-state index contributed by atoms with van der Waals surface area (Å²) < 4.78 is 30.4. The number of phenols is 1. The zero-order valence-corrected chi connectivity index (χ0v) is 16.3. The predicted molar refractivity (Wildman–Crippen MR) is 112 cm³/mol. The number of anilines is 1. The molecule has 0 fully saturated rings. The van der Waals surface area contributed by atoms with Gasteiger partial charge >= 0.3 is 0 Å². The molecule has 0 saturated heterocycles.